The molecule has 0 spiro atoms. The van der Waals surface area contributed by atoms with E-state index < -0.39 is 0 Å². The van der Waals surface area contributed by atoms with Crippen molar-refractivity contribution in [1.82, 2.24) is 14.5 Å². The van der Waals surface area contributed by atoms with E-state index in [-0.39, 0.29) is 5.69 Å². The number of benzene rings is 1. The van der Waals surface area contributed by atoms with Gasteiger partial charge in [-0.05, 0) is 26.0 Å². The highest BCUT2D eigenvalue weighted by atomic mass is 16.5. The molecule has 3 aromatic rings. The molecule has 0 bridgehead atoms. The maximum Gasteiger partial charge on any atom is 0.326 e. The second-order valence-corrected chi connectivity index (χ2v) is 5.99. The Bertz CT molecular complexity index is 1080. The van der Waals surface area contributed by atoms with Gasteiger partial charge in [-0.1, -0.05) is 6.08 Å². The summed E-state index contributed by atoms with van der Waals surface area (Å²) in [4.78, 5) is 19.8. The summed E-state index contributed by atoms with van der Waals surface area (Å²) in [5.41, 5.74) is 4.02. The molecule has 7 nitrogen and oxygen atoms in total. The van der Waals surface area contributed by atoms with Crippen LogP contribution in [0.2, 0.25) is 0 Å². The molecule has 2 heterocycles. The first-order valence-corrected chi connectivity index (χ1v) is 8.32. The average Bonchev–Trinajstić information content (AvgIpc) is 2.95. The molecule has 2 aromatic heterocycles. The van der Waals surface area contributed by atoms with Gasteiger partial charge >= 0.3 is 5.69 Å². The van der Waals surface area contributed by atoms with E-state index in [0.717, 1.165) is 33.1 Å². The largest absolute Gasteiger partial charge is 0.496 e. The van der Waals surface area contributed by atoms with E-state index >= 15 is 0 Å². The number of hydrogen-bond acceptors (Lipinski definition) is 5. The Kier molecular flexibility index (Phi) is 4.90. The third-order valence-corrected chi connectivity index (χ3v) is 4.44. The lowest BCUT2D eigenvalue weighted by molar-refractivity contribution is 0.187. The first-order valence-electron chi connectivity index (χ1n) is 8.32. The molecule has 0 aliphatic rings. The fraction of sp³-hybridized carbons (Fsp3) is 0.316. The van der Waals surface area contributed by atoms with Crippen molar-refractivity contribution in [2.24, 2.45) is 0 Å². The Hall–Kier alpha value is -2.93. The maximum absolute atomic E-state index is 12.3. The van der Waals surface area contributed by atoms with Crippen molar-refractivity contribution in [3.05, 3.63) is 40.5 Å². The standard InChI is InChI=1S/C19H22N4O3/c1-5-12(11(2)20)13-8-15-14(9-17(13)26-4)18-16(10-21-15)23(6-7-25-3)19(24)22-18/h5,8-10,20H,6-7H2,1-4H3,(H,22,24)/b12-5-,20-11?. The molecular formula is C19H22N4O3. The molecule has 3 rings (SSSR count). The Morgan fingerprint density at radius 1 is 1.38 bits per heavy atom. The van der Waals surface area contributed by atoms with Gasteiger partial charge in [-0.2, -0.15) is 0 Å². The van der Waals surface area contributed by atoms with Crippen molar-refractivity contribution in [1.29, 1.82) is 5.41 Å². The van der Waals surface area contributed by atoms with Gasteiger partial charge in [-0.15, -0.1) is 0 Å². The van der Waals surface area contributed by atoms with Gasteiger partial charge in [-0.25, -0.2) is 4.79 Å². The van der Waals surface area contributed by atoms with Crippen LogP contribution in [0.15, 0.2) is 29.2 Å². The zero-order valence-corrected chi connectivity index (χ0v) is 15.3. The number of imidazole rings is 1. The van der Waals surface area contributed by atoms with Crippen molar-refractivity contribution in [2.45, 2.75) is 20.4 Å². The van der Waals surface area contributed by atoms with E-state index in [1.807, 2.05) is 25.1 Å². The van der Waals surface area contributed by atoms with Crippen LogP contribution in [0, 0.1) is 5.41 Å². The highest BCUT2D eigenvalue weighted by molar-refractivity contribution is 6.22. The van der Waals surface area contributed by atoms with Crippen LogP contribution in [0.1, 0.15) is 19.4 Å². The maximum atomic E-state index is 12.3. The van der Waals surface area contributed by atoms with Crippen LogP contribution >= 0.6 is 0 Å². The summed E-state index contributed by atoms with van der Waals surface area (Å²) in [6.07, 6.45) is 3.57. The third kappa shape index (κ3) is 2.90. The van der Waals surface area contributed by atoms with Gasteiger partial charge in [-0.3, -0.25) is 9.55 Å². The summed E-state index contributed by atoms with van der Waals surface area (Å²) in [6, 6.07) is 3.76. The van der Waals surface area contributed by atoms with Crippen molar-refractivity contribution < 1.29 is 9.47 Å². The molecule has 0 amide bonds. The summed E-state index contributed by atoms with van der Waals surface area (Å²) < 4.78 is 12.2. The quantitative estimate of drug-likeness (QED) is 0.666. The van der Waals surface area contributed by atoms with E-state index in [1.54, 1.807) is 31.9 Å². The fourth-order valence-corrected chi connectivity index (χ4v) is 3.19. The van der Waals surface area contributed by atoms with E-state index in [9.17, 15) is 4.79 Å². The molecule has 0 aliphatic carbocycles. The van der Waals surface area contributed by atoms with Gasteiger partial charge in [0.15, 0.2) is 0 Å². The second kappa shape index (κ2) is 7.13. The van der Waals surface area contributed by atoms with Crippen LogP contribution in [0.3, 0.4) is 0 Å². The smallest absolute Gasteiger partial charge is 0.326 e. The van der Waals surface area contributed by atoms with Crippen molar-refractivity contribution in [3.63, 3.8) is 0 Å². The van der Waals surface area contributed by atoms with Gasteiger partial charge < -0.3 is 19.9 Å². The van der Waals surface area contributed by atoms with E-state index in [0.29, 0.717) is 24.6 Å². The molecule has 1 aromatic carbocycles. The predicted molar refractivity (Wildman–Crippen MR) is 103 cm³/mol. The van der Waals surface area contributed by atoms with Crippen LogP contribution in [-0.2, 0) is 11.3 Å². The van der Waals surface area contributed by atoms with Gasteiger partial charge in [0.1, 0.15) is 5.75 Å². The Labute approximate surface area is 150 Å². The van der Waals surface area contributed by atoms with Crippen molar-refractivity contribution in [2.75, 3.05) is 20.8 Å². The number of aromatic amines is 1. The average molecular weight is 354 g/mol. The number of ether oxygens (including phenoxy) is 2. The Morgan fingerprint density at radius 2 is 2.15 bits per heavy atom. The summed E-state index contributed by atoms with van der Waals surface area (Å²) in [5, 5.41) is 8.79. The predicted octanol–water partition coefficient (Wildman–Crippen LogP) is 2.98. The monoisotopic (exact) mass is 354 g/mol. The van der Waals surface area contributed by atoms with Crippen molar-refractivity contribution in [3.8, 4) is 5.75 Å². The number of methoxy groups -OCH3 is 2. The Balaban J connectivity index is 2.29. The molecule has 0 saturated heterocycles. The van der Waals surface area contributed by atoms with Gasteiger partial charge in [0.05, 0.1) is 43.0 Å². The number of nitrogens with zero attached hydrogens (tertiary/aromatic N) is 2. The molecule has 0 radical (unpaired) electrons. The summed E-state index contributed by atoms with van der Waals surface area (Å²) in [5.74, 6) is 0.636. The minimum atomic E-state index is -0.195. The van der Waals surface area contributed by atoms with Gasteiger partial charge in [0.2, 0.25) is 0 Å². The zero-order chi connectivity index (χ0) is 18.8. The highest BCUT2D eigenvalue weighted by Crippen LogP contribution is 2.33. The lowest BCUT2D eigenvalue weighted by atomic mass is 9.98. The third-order valence-electron chi connectivity index (χ3n) is 4.44. The number of allylic oxidation sites excluding steroid dienone is 2. The molecule has 0 fully saturated rings. The van der Waals surface area contributed by atoms with Crippen LogP contribution < -0.4 is 10.4 Å². The number of pyridine rings is 1. The summed E-state index contributed by atoms with van der Waals surface area (Å²) in [7, 11) is 3.20. The number of fused-ring (bicyclic) bond motifs is 3. The summed E-state index contributed by atoms with van der Waals surface area (Å²) in [6.45, 7) is 4.52. The lowest BCUT2D eigenvalue weighted by Crippen LogP contribution is -2.19. The number of H-pyrrole nitrogens is 1. The van der Waals surface area contributed by atoms with Crippen LogP contribution in [-0.4, -0.2) is 41.1 Å². The van der Waals surface area contributed by atoms with Crippen LogP contribution in [0.25, 0.3) is 27.5 Å². The molecule has 7 heteroatoms. The number of aromatic nitrogens is 3. The number of hydrogen-bond donors (Lipinski definition) is 2. The van der Waals surface area contributed by atoms with Gasteiger partial charge in [0, 0.05) is 29.3 Å². The lowest BCUT2D eigenvalue weighted by Gasteiger charge is -2.13. The molecule has 0 unspecified atom stereocenters. The fourth-order valence-electron chi connectivity index (χ4n) is 3.19. The Morgan fingerprint density at radius 3 is 2.77 bits per heavy atom. The molecule has 0 aliphatic heterocycles. The van der Waals surface area contributed by atoms with E-state index in [4.69, 9.17) is 14.9 Å². The van der Waals surface area contributed by atoms with Crippen molar-refractivity contribution >= 4 is 33.2 Å². The molecule has 0 saturated carbocycles. The topological polar surface area (TPSA) is 93.0 Å². The molecule has 2 N–H and O–H groups in total. The minimum Gasteiger partial charge on any atom is -0.496 e. The van der Waals surface area contributed by atoms with Gasteiger partial charge in [0.25, 0.3) is 0 Å². The highest BCUT2D eigenvalue weighted by Gasteiger charge is 2.16. The molecule has 26 heavy (non-hydrogen) atoms. The van der Waals surface area contributed by atoms with E-state index in [2.05, 4.69) is 9.97 Å². The zero-order valence-electron chi connectivity index (χ0n) is 15.3. The normalized spacial score (nSPS) is 12.1. The molecular weight excluding hydrogens is 332 g/mol. The van der Waals surface area contributed by atoms with E-state index in [1.165, 1.54) is 0 Å². The first kappa shape index (κ1) is 17.9. The summed E-state index contributed by atoms with van der Waals surface area (Å²) >= 11 is 0. The first-order chi connectivity index (χ1) is 12.5. The SMILES string of the molecule is C/C=C(/C(C)=N)c1cc2ncc3c([nH]c(=O)n3CCOC)c2cc1OC. The molecule has 136 valence electrons. The number of nitrogens with one attached hydrogen (secondary N) is 2. The second-order valence-electron chi connectivity index (χ2n) is 5.99. The van der Waals surface area contributed by atoms with Crippen LogP contribution in [0.5, 0.6) is 5.75 Å². The van der Waals surface area contributed by atoms with Crippen LogP contribution in [0.4, 0.5) is 0 Å². The molecule has 0 atom stereocenters. The number of rotatable bonds is 6. The minimum absolute atomic E-state index is 0.195.